The lowest BCUT2D eigenvalue weighted by molar-refractivity contribution is 0.00390. The lowest BCUT2D eigenvalue weighted by Gasteiger charge is -2.56. The Labute approximate surface area is 82.3 Å². The minimum Gasteiger partial charge on any atom is -0.311 e. The van der Waals surface area contributed by atoms with Gasteiger partial charge in [-0.15, -0.1) is 0 Å². The van der Waals surface area contributed by atoms with Crippen LogP contribution in [0.2, 0.25) is 0 Å². The van der Waals surface area contributed by atoms with Gasteiger partial charge < -0.3 is 5.32 Å². The van der Waals surface area contributed by atoms with Gasteiger partial charge in [0.05, 0.1) is 0 Å². The molecule has 1 aliphatic carbocycles. The van der Waals surface area contributed by atoms with Crippen molar-refractivity contribution in [3.05, 3.63) is 0 Å². The van der Waals surface area contributed by atoms with Crippen LogP contribution in [0.1, 0.15) is 52.9 Å². The molecule has 1 spiro atoms. The topological polar surface area (TPSA) is 12.0 Å². The first-order chi connectivity index (χ1) is 6.05. The summed E-state index contributed by atoms with van der Waals surface area (Å²) in [7, 11) is 0. The molecule has 2 atom stereocenters. The molecule has 0 radical (unpaired) electrons. The van der Waals surface area contributed by atoms with Crippen LogP contribution >= 0.6 is 0 Å². The van der Waals surface area contributed by atoms with Gasteiger partial charge in [-0.2, -0.15) is 0 Å². The maximum atomic E-state index is 3.72. The Hall–Kier alpha value is -0.0400. The van der Waals surface area contributed by atoms with Crippen LogP contribution in [0.15, 0.2) is 0 Å². The number of rotatable bonds is 0. The van der Waals surface area contributed by atoms with Gasteiger partial charge in [-0.25, -0.2) is 0 Å². The summed E-state index contributed by atoms with van der Waals surface area (Å²) in [5, 5.41) is 3.72. The van der Waals surface area contributed by atoms with E-state index in [1.54, 1.807) is 0 Å². The van der Waals surface area contributed by atoms with Crippen LogP contribution < -0.4 is 5.32 Å². The summed E-state index contributed by atoms with van der Waals surface area (Å²) in [6.07, 6.45) is 7.19. The molecule has 0 aromatic heterocycles. The Kier molecular flexibility index (Phi) is 2.18. The van der Waals surface area contributed by atoms with Crippen LogP contribution in [0.25, 0.3) is 0 Å². The second-order valence-corrected chi connectivity index (χ2v) is 6.00. The molecule has 0 aromatic carbocycles. The SMILES string of the molecule is CC(C)(C)C1CCCCC12CCN2. The zero-order valence-corrected chi connectivity index (χ0v) is 9.32. The fourth-order valence-electron chi connectivity index (χ4n) is 3.46. The first-order valence-electron chi connectivity index (χ1n) is 5.80. The van der Waals surface area contributed by atoms with Crippen molar-refractivity contribution in [1.82, 2.24) is 5.32 Å². The van der Waals surface area contributed by atoms with Gasteiger partial charge in [0.25, 0.3) is 0 Å². The third kappa shape index (κ3) is 1.52. The fourth-order valence-corrected chi connectivity index (χ4v) is 3.46. The zero-order chi connectivity index (χ0) is 9.53. The molecule has 0 amide bonds. The van der Waals surface area contributed by atoms with Gasteiger partial charge in [0, 0.05) is 5.54 Å². The van der Waals surface area contributed by atoms with Gasteiger partial charge in [0.2, 0.25) is 0 Å². The highest BCUT2D eigenvalue weighted by Crippen LogP contribution is 2.48. The molecular weight excluding hydrogens is 158 g/mol. The Balaban J connectivity index is 2.14. The summed E-state index contributed by atoms with van der Waals surface area (Å²) >= 11 is 0. The Morgan fingerprint density at radius 1 is 1.15 bits per heavy atom. The highest BCUT2D eigenvalue weighted by atomic mass is 15.1. The van der Waals surface area contributed by atoms with Crippen LogP contribution in [0.4, 0.5) is 0 Å². The van der Waals surface area contributed by atoms with E-state index in [1.165, 1.54) is 38.6 Å². The van der Waals surface area contributed by atoms with Crippen molar-refractivity contribution in [2.75, 3.05) is 6.54 Å². The van der Waals surface area contributed by atoms with Crippen LogP contribution in [0.3, 0.4) is 0 Å². The molecule has 0 bridgehead atoms. The second kappa shape index (κ2) is 2.98. The smallest absolute Gasteiger partial charge is 0.0226 e. The molecule has 1 nitrogen and oxygen atoms in total. The molecule has 76 valence electrons. The van der Waals surface area contributed by atoms with Crippen molar-refractivity contribution in [1.29, 1.82) is 0 Å². The Morgan fingerprint density at radius 2 is 1.85 bits per heavy atom. The van der Waals surface area contributed by atoms with Gasteiger partial charge in [-0.3, -0.25) is 0 Å². The highest BCUT2D eigenvalue weighted by molar-refractivity contribution is 5.06. The third-order valence-corrected chi connectivity index (χ3v) is 4.13. The molecule has 1 heteroatoms. The van der Waals surface area contributed by atoms with Gasteiger partial charge >= 0.3 is 0 Å². The molecule has 1 saturated carbocycles. The van der Waals surface area contributed by atoms with Gasteiger partial charge in [0.15, 0.2) is 0 Å². The van der Waals surface area contributed by atoms with Crippen LogP contribution in [-0.2, 0) is 0 Å². The fraction of sp³-hybridized carbons (Fsp3) is 1.00. The summed E-state index contributed by atoms with van der Waals surface area (Å²) in [6, 6.07) is 0. The van der Waals surface area contributed by atoms with Crippen LogP contribution in [0, 0.1) is 11.3 Å². The largest absolute Gasteiger partial charge is 0.311 e. The molecule has 2 aliphatic rings. The minimum absolute atomic E-state index is 0.494. The molecule has 0 aromatic rings. The quantitative estimate of drug-likeness (QED) is 0.606. The lowest BCUT2D eigenvalue weighted by Crippen LogP contribution is -2.65. The monoisotopic (exact) mass is 181 g/mol. The Bertz CT molecular complexity index is 186. The first kappa shape index (κ1) is 9.51. The van der Waals surface area contributed by atoms with Crippen molar-refractivity contribution < 1.29 is 0 Å². The van der Waals surface area contributed by atoms with Crippen LogP contribution in [0.5, 0.6) is 0 Å². The average Bonchev–Trinajstić information content (AvgIpc) is 2.00. The van der Waals surface area contributed by atoms with E-state index >= 15 is 0 Å². The maximum Gasteiger partial charge on any atom is 0.0226 e. The van der Waals surface area contributed by atoms with Crippen molar-refractivity contribution in [3.63, 3.8) is 0 Å². The van der Waals surface area contributed by atoms with Gasteiger partial charge in [0.1, 0.15) is 0 Å². The van der Waals surface area contributed by atoms with Crippen molar-refractivity contribution in [3.8, 4) is 0 Å². The molecule has 13 heavy (non-hydrogen) atoms. The Morgan fingerprint density at radius 3 is 2.23 bits per heavy atom. The lowest BCUT2D eigenvalue weighted by atomic mass is 9.58. The van der Waals surface area contributed by atoms with Crippen molar-refractivity contribution >= 4 is 0 Å². The van der Waals surface area contributed by atoms with E-state index in [-0.39, 0.29) is 0 Å². The summed E-state index contributed by atoms with van der Waals surface area (Å²) in [5.41, 5.74) is 1.05. The normalized spacial score (nSPS) is 40.4. The van der Waals surface area contributed by atoms with E-state index in [4.69, 9.17) is 0 Å². The van der Waals surface area contributed by atoms with Crippen LogP contribution in [-0.4, -0.2) is 12.1 Å². The maximum absolute atomic E-state index is 3.72. The predicted octanol–water partition coefficient (Wildman–Crippen LogP) is 2.95. The molecule has 2 unspecified atom stereocenters. The summed E-state index contributed by atoms with van der Waals surface area (Å²) < 4.78 is 0. The van der Waals surface area contributed by atoms with E-state index in [2.05, 4.69) is 26.1 Å². The van der Waals surface area contributed by atoms with E-state index in [0.717, 1.165) is 5.92 Å². The second-order valence-electron chi connectivity index (χ2n) is 6.00. The highest BCUT2D eigenvalue weighted by Gasteiger charge is 2.49. The summed E-state index contributed by atoms with van der Waals surface area (Å²) in [5.74, 6) is 0.905. The van der Waals surface area contributed by atoms with Crippen molar-refractivity contribution in [2.45, 2.75) is 58.4 Å². The molecular formula is C12H23N. The van der Waals surface area contributed by atoms with E-state index < -0.39 is 0 Å². The molecule has 1 heterocycles. The number of nitrogens with one attached hydrogen (secondary N) is 1. The van der Waals surface area contributed by atoms with E-state index in [9.17, 15) is 0 Å². The zero-order valence-electron chi connectivity index (χ0n) is 9.32. The predicted molar refractivity (Wildman–Crippen MR) is 56.8 cm³/mol. The summed E-state index contributed by atoms with van der Waals surface area (Å²) in [6.45, 7) is 8.48. The molecule has 1 aliphatic heterocycles. The number of hydrogen-bond donors (Lipinski definition) is 1. The standard InChI is InChI=1S/C12H23N/c1-11(2,3)10-6-4-5-7-12(10)8-9-13-12/h10,13H,4-9H2,1-3H3. The number of hydrogen-bond acceptors (Lipinski definition) is 1. The van der Waals surface area contributed by atoms with Gasteiger partial charge in [-0.05, 0) is 37.1 Å². The molecule has 2 fully saturated rings. The van der Waals surface area contributed by atoms with E-state index in [1.807, 2.05) is 0 Å². The third-order valence-electron chi connectivity index (χ3n) is 4.13. The van der Waals surface area contributed by atoms with E-state index in [0.29, 0.717) is 11.0 Å². The van der Waals surface area contributed by atoms with Crippen molar-refractivity contribution in [2.24, 2.45) is 11.3 Å². The molecule has 2 rings (SSSR count). The average molecular weight is 181 g/mol. The molecule has 1 saturated heterocycles. The first-order valence-corrected chi connectivity index (χ1v) is 5.80. The van der Waals surface area contributed by atoms with Gasteiger partial charge in [-0.1, -0.05) is 33.6 Å². The summed E-state index contributed by atoms with van der Waals surface area (Å²) in [4.78, 5) is 0. The minimum atomic E-state index is 0.494. The molecule has 1 N–H and O–H groups in total.